The summed E-state index contributed by atoms with van der Waals surface area (Å²) in [6.45, 7) is 0.740. The molecule has 0 aliphatic heterocycles. The number of halogens is 2. The Morgan fingerprint density at radius 1 is 1.14 bits per heavy atom. The van der Waals surface area contributed by atoms with Crippen LogP contribution >= 0.6 is 24.0 Å². The topological polar surface area (TPSA) is 88.8 Å². The number of rotatable bonds is 3. The lowest BCUT2D eigenvalue weighted by Crippen LogP contribution is -2.26. The summed E-state index contributed by atoms with van der Waals surface area (Å²) >= 11 is 5.82. The van der Waals surface area contributed by atoms with Crippen LogP contribution in [0.1, 0.15) is 32.1 Å². The number of hydrogen-bond donors (Lipinski definition) is 3. The first kappa shape index (κ1) is 18.6. The van der Waals surface area contributed by atoms with Gasteiger partial charge in [-0.3, -0.25) is 4.99 Å². The molecule has 22 heavy (non-hydrogen) atoms. The highest BCUT2D eigenvalue weighted by Crippen LogP contribution is 2.23. The molecule has 1 aromatic carbocycles. The van der Waals surface area contributed by atoms with Crippen LogP contribution in [0.15, 0.2) is 34.3 Å². The fourth-order valence-electron chi connectivity index (χ4n) is 2.46. The van der Waals surface area contributed by atoms with Crippen LogP contribution in [-0.4, -0.2) is 18.5 Å². The summed E-state index contributed by atoms with van der Waals surface area (Å²) in [5.74, 6) is 1.08. The Balaban J connectivity index is 0.00000242. The van der Waals surface area contributed by atoms with Crippen molar-refractivity contribution in [1.82, 2.24) is 0 Å². The summed E-state index contributed by atoms with van der Waals surface area (Å²) in [5.41, 5.74) is 12.4. The number of nitrogens with one attached hydrogen (secondary N) is 1. The van der Waals surface area contributed by atoms with Crippen LogP contribution < -0.4 is 16.8 Å². The number of nitrogens with zero attached hydrogens (tertiary/aromatic N) is 2. The lowest BCUT2D eigenvalue weighted by atomic mass is 9.89. The van der Waals surface area contributed by atoms with Gasteiger partial charge in [0, 0.05) is 17.3 Å². The maximum absolute atomic E-state index is 5.82. The monoisotopic (exact) mass is 343 g/mol. The third-order valence-electron chi connectivity index (χ3n) is 3.59. The molecule has 5 N–H and O–H groups in total. The predicted octanol–water partition coefficient (Wildman–Crippen LogP) is 3.38. The van der Waals surface area contributed by atoms with Gasteiger partial charge < -0.3 is 16.8 Å². The van der Waals surface area contributed by atoms with E-state index in [0.29, 0.717) is 10.9 Å². The Labute approximate surface area is 142 Å². The van der Waals surface area contributed by atoms with Crippen LogP contribution in [0.4, 0.5) is 5.69 Å². The van der Waals surface area contributed by atoms with E-state index in [4.69, 9.17) is 23.1 Å². The van der Waals surface area contributed by atoms with Crippen molar-refractivity contribution in [3.8, 4) is 0 Å². The van der Waals surface area contributed by atoms with Crippen molar-refractivity contribution >= 4 is 41.6 Å². The lowest BCUT2D eigenvalue weighted by molar-refractivity contribution is 0.367. The molecule has 1 aliphatic carbocycles. The van der Waals surface area contributed by atoms with E-state index in [1.807, 2.05) is 12.1 Å². The summed E-state index contributed by atoms with van der Waals surface area (Å²) in [6, 6.07) is 7.19. The van der Waals surface area contributed by atoms with Crippen LogP contribution in [0.3, 0.4) is 0 Å². The molecule has 0 unspecified atom stereocenters. The Bertz CT molecular complexity index is 507. The van der Waals surface area contributed by atoms with Gasteiger partial charge in [0.1, 0.15) is 0 Å². The molecular formula is C15H23Cl2N5. The third kappa shape index (κ3) is 6.54. The molecule has 0 aromatic heterocycles. The predicted molar refractivity (Wildman–Crippen MR) is 97.0 cm³/mol. The van der Waals surface area contributed by atoms with E-state index in [1.165, 1.54) is 32.1 Å². The van der Waals surface area contributed by atoms with E-state index in [2.05, 4.69) is 15.3 Å². The number of benzene rings is 1. The minimum absolute atomic E-state index is 0. The third-order valence-corrected chi connectivity index (χ3v) is 3.84. The van der Waals surface area contributed by atoms with Gasteiger partial charge in [-0.1, -0.05) is 30.9 Å². The van der Waals surface area contributed by atoms with E-state index in [1.54, 1.807) is 12.1 Å². The van der Waals surface area contributed by atoms with Crippen LogP contribution in [0.5, 0.6) is 0 Å². The number of aliphatic imine (C=N–C) groups is 2. The molecule has 1 fully saturated rings. The fraction of sp³-hybridized carbons (Fsp3) is 0.467. The molecule has 0 spiro atoms. The second kappa shape index (κ2) is 9.54. The zero-order valence-corrected chi connectivity index (χ0v) is 14.0. The number of anilines is 1. The summed E-state index contributed by atoms with van der Waals surface area (Å²) < 4.78 is 0. The van der Waals surface area contributed by atoms with Crippen LogP contribution in [-0.2, 0) is 0 Å². The standard InChI is InChI=1S/C15H22ClN5.ClH/c16-12-6-8-13(9-7-12)20-15(18)21-14(17)19-10-11-4-2-1-3-5-11;/h6-9,11H,1-5,10H2,(H5,17,18,19,20,21);1H. The number of guanidine groups is 2. The average Bonchev–Trinajstić information content (AvgIpc) is 2.48. The second-order valence-electron chi connectivity index (χ2n) is 5.33. The highest BCUT2D eigenvalue weighted by atomic mass is 35.5. The molecule has 0 bridgehead atoms. The van der Waals surface area contributed by atoms with Crippen molar-refractivity contribution in [2.45, 2.75) is 32.1 Å². The van der Waals surface area contributed by atoms with E-state index in [-0.39, 0.29) is 24.3 Å². The van der Waals surface area contributed by atoms with E-state index < -0.39 is 0 Å². The van der Waals surface area contributed by atoms with E-state index in [9.17, 15) is 0 Å². The molecule has 5 nitrogen and oxygen atoms in total. The molecule has 1 aliphatic rings. The number of nitrogens with two attached hydrogens (primary N) is 2. The van der Waals surface area contributed by atoms with Gasteiger partial charge in [-0.15, -0.1) is 12.4 Å². The van der Waals surface area contributed by atoms with Crippen LogP contribution in [0.25, 0.3) is 0 Å². The Kier molecular flexibility index (Phi) is 8.06. The second-order valence-corrected chi connectivity index (χ2v) is 5.77. The van der Waals surface area contributed by atoms with Crippen molar-refractivity contribution in [1.29, 1.82) is 0 Å². The SMILES string of the molecule is Cl.NC(=NCC1CCCCC1)/N=C(\N)Nc1ccc(Cl)cc1. The smallest absolute Gasteiger partial charge is 0.218 e. The molecule has 0 amide bonds. The van der Waals surface area contributed by atoms with Gasteiger partial charge in [-0.2, -0.15) is 4.99 Å². The molecule has 7 heteroatoms. The summed E-state index contributed by atoms with van der Waals surface area (Å²) in [6.07, 6.45) is 6.40. The molecule has 122 valence electrons. The molecule has 1 aromatic rings. The summed E-state index contributed by atoms with van der Waals surface area (Å²) in [7, 11) is 0. The van der Waals surface area contributed by atoms with Crippen molar-refractivity contribution in [2.75, 3.05) is 11.9 Å². The first-order valence-corrected chi connectivity index (χ1v) is 7.68. The minimum atomic E-state index is 0. The van der Waals surface area contributed by atoms with Crippen molar-refractivity contribution < 1.29 is 0 Å². The molecule has 2 rings (SSSR count). The first-order chi connectivity index (χ1) is 10.1. The van der Waals surface area contributed by atoms with E-state index >= 15 is 0 Å². The maximum Gasteiger partial charge on any atom is 0.218 e. The molecule has 0 heterocycles. The van der Waals surface area contributed by atoms with Gasteiger partial charge in [0.05, 0.1) is 0 Å². The average molecular weight is 344 g/mol. The van der Waals surface area contributed by atoms with E-state index in [0.717, 1.165) is 12.2 Å². The molecular weight excluding hydrogens is 321 g/mol. The first-order valence-electron chi connectivity index (χ1n) is 7.30. The quantitative estimate of drug-likeness (QED) is 0.580. The fourth-order valence-corrected chi connectivity index (χ4v) is 2.59. The molecule has 0 radical (unpaired) electrons. The largest absolute Gasteiger partial charge is 0.369 e. The van der Waals surface area contributed by atoms with Crippen molar-refractivity contribution in [3.63, 3.8) is 0 Å². The highest BCUT2D eigenvalue weighted by molar-refractivity contribution is 6.30. The number of hydrogen-bond acceptors (Lipinski definition) is 1. The Morgan fingerprint density at radius 3 is 2.41 bits per heavy atom. The Morgan fingerprint density at radius 2 is 1.77 bits per heavy atom. The highest BCUT2D eigenvalue weighted by Gasteiger charge is 2.12. The van der Waals surface area contributed by atoms with Gasteiger partial charge in [-0.05, 0) is 43.0 Å². The Hall–Kier alpha value is -1.46. The maximum atomic E-state index is 5.82. The zero-order chi connectivity index (χ0) is 15.1. The normalized spacial score (nSPS) is 17.0. The van der Waals surface area contributed by atoms with Gasteiger partial charge in [0.25, 0.3) is 0 Å². The van der Waals surface area contributed by atoms with Gasteiger partial charge in [-0.25, -0.2) is 0 Å². The van der Waals surface area contributed by atoms with Crippen molar-refractivity contribution in [3.05, 3.63) is 29.3 Å². The van der Waals surface area contributed by atoms with Gasteiger partial charge >= 0.3 is 0 Å². The zero-order valence-electron chi connectivity index (χ0n) is 12.5. The summed E-state index contributed by atoms with van der Waals surface area (Å²) in [4.78, 5) is 8.37. The minimum Gasteiger partial charge on any atom is -0.369 e. The van der Waals surface area contributed by atoms with Crippen LogP contribution in [0.2, 0.25) is 5.02 Å². The van der Waals surface area contributed by atoms with Crippen LogP contribution in [0, 0.1) is 5.92 Å². The van der Waals surface area contributed by atoms with Crippen molar-refractivity contribution in [2.24, 2.45) is 27.4 Å². The summed E-state index contributed by atoms with van der Waals surface area (Å²) in [5, 5.41) is 3.62. The molecule has 0 atom stereocenters. The lowest BCUT2D eigenvalue weighted by Gasteiger charge is -2.19. The molecule has 0 saturated heterocycles. The molecule has 1 saturated carbocycles. The van der Waals surface area contributed by atoms with Gasteiger partial charge in [0.15, 0.2) is 0 Å². The van der Waals surface area contributed by atoms with Gasteiger partial charge in [0.2, 0.25) is 11.9 Å².